The van der Waals surface area contributed by atoms with E-state index in [-0.39, 0.29) is 12.5 Å². The lowest BCUT2D eigenvalue weighted by atomic mass is 9.96. The molecule has 94 valence electrons. The molecule has 0 aromatic carbocycles. The van der Waals surface area contributed by atoms with Crippen LogP contribution in [0.15, 0.2) is 4.52 Å². The number of carbonyl (C=O) groups is 1. The molecule has 0 spiro atoms. The number of methoxy groups -OCH3 is 1. The molecule has 2 rings (SSSR count). The van der Waals surface area contributed by atoms with Crippen molar-refractivity contribution < 1.29 is 14.1 Å². The Labute approximate surface area is 99.9 Å². The first-order valence-corrected chi connectivity index (χ1v) is 5.77. The van der Waals surface area contributed by atoms with Crippen molar-refractivity contribution in [2.75, 3.05) is 26.8 Å². The molecule has 0 unspecified atom stereocenters. The molecule has 1 aliphatic heterocycles. The fourth-order valence-electron chi connectivity index (χ4n) is 2.08. The molecule has 0 bridgehead atoms. The average molecular weight is 239 g/mol. The summed E-state index contributed by atoms with van der Waals surface area (Å²) in [6, 6.07) is 0. The van der Waals surface area contributed by atoms with Gasteiger partial charge in [-0.1, -0.05) is 5.16 Å². The Hall–Kier alpha value is -1.43. The van der Waals surface area contributed by atoms with Gasteiger partial charge in [-0.2, -0.15) is 4.98 Å². The maximum Gasteiger partial charge on any atom is 0.248 e. The van der Waals surface area contributed by atoms with Crippen molar-refractivity contribution in [1.29, 1.82) is 0 Å². The molecule has 0 radical (unpaired) electrons. The summed E-state index contributed by atoms with van der Waals surface area (Å²) in [7, 11) is 1.53. The number of ether oxygens (including phenoxy) is 1. The van der Waals surface area contributed by atoms with Gasteiger partial charge in [-0.25, -0.2) is 0 Å². The molecule has 1 fully saturated rings. The number of aryl methyl sites for hydroxylation is 1. The normalized spacial score (nSPS) is 17.4. The van der Waals surface area contributed by atoms with Crippen LogP contribution in [0, 0.1) is 6.92 Å². The fraction of sp³-hybridized carbons (Fsp3) is 0.727. The minimum absolute atomic E-state index is 0.0512. The molecular formula is C11H17N3O3. The quantitative estimate of drug-likeness (QED) is 0.777. The Morgan fingerprint density at radius 1 is 1.53 bits per heavy atom. The fourth-order valence-corrected chi connectivity index (χ4v) is 2.08. The Balaban J connectivity index is 1.88. The minimum atomic E-state index is 0.0512. The van der Waals surface area contributed by atoms with Gasteiger partial charge in [0.1, 0.15) is 6.61 Å². The topological polar surface area (TPSA) is 68.5 Å². The highest BCUT2D eigenvalue weighted by Gasteiger charge is 2.26. The Morgan fingerprint density at radius 3 is 2.76 bits per heavy atom. The number of aromatic nitrogens is 2. The van der Waals surface area contributed by atoms with Crippen molar-refractivity contribution in [2.24, 2.45) is 0 Å². The van der Waals surface area contributed by atoms with Crippen LogP contribution in [0.1, 0.15) is 30.5 Å². The smallest absolute Gasteiger partial charge is 0.248 e. The second kappa shape index (κ2) is 5.27. The molecule has 0 N–H and O–H groups in total. The summed E-state index contributed by atoms with van der Waals surface area (Å²) in [5.74, 6) is 1.72. The molecule has 17 heavy (non-hydrogen) atoms. The lowest BCUT2D eigenvalue weighted by molar-refractivity contribution is -0.136. The first-order valence-electron chi connectivity index (χ1n) is 5.77. The van der Waals surface area contributed by atoms with Crippen molar-refractivity contribution in [3.05, 3.63) is 11.7 Å². The number of nitrogens with zero attached hydrogens (tertiary/aromatic N) is 3. The lowest BCUT2D eigenvalue weighted by Crippen LogP contribution is -2.39. The maximum atomic E-state index is 11.6. The molecular weight excluding hydrogens is 222 g/mol. The van der Waals surface area contributed by atoms with Crippen LogP contribution in [0.25, 0.3) is 0 Å². The van der Waals surface area contributed by atoms with E-state index in [0.717, 1.165) is 31.8 Å². The van der Waals surface area contributed by atoms with Crippen molar-refractivity contribution >= 4 is 5.91 Å². The van der Waals surface area contributed by atoms with Gasteiger partial charge in [-0.05, 0) is 12.8 Å². The second-order valence-corrected chi connectivity index (χ2v) is 4.26. The highest BCUT2D eigenvalue weighted by Crippen LogP contribution is 2.25. The number of likely N-dealkylation sites (tertiary alicyclic amines) is 1. The van der Waals surface area contributed by atoms with Crippen LogP contribution >= 0.6 is 0 Å². The highest BCUT2D eigenvalue weighted by atomic mass is 16.5. The van der Waals surface area contributed by atoms with Crippen molar-refractivity contribution in [1.82, 2.24) is 15.0 Å². The summed E-state index contributed by atoms with van der Waals surface area (Å²) < 4.78 is 9.81. The predicted octanol–water partition coefficient (Wildman–Crippen LogP) is 0.730. The zero-order chi connectivity index (χ0) is 12.3. The third kappa shape index (κ3) is 2.82. The third-order valence-electron chi connectivity index (χ3n) is 3.02. The number of hydrogen-bond acceptors (Lipinski definition) is 5. The molecule has 0 aliphatic carbocycles. The molecule has 1 aliphatic rings. The molecule has 0 saturated carbocycles. The number of hydrogen-bond donors (Lipinski definition) is 0. The first kappa shape index (κ1) is 12.0. The standard InChI is InChI=1S/C11H17N3O3/c1-8-12-11(13-17-8)9-3-5-14(6-4-9)10(15)7-16-2/h9H,3-7H2,1-2H3. The molecule has 1 aromatic rings. The third-order valence-corrected chi connectivity index (χ3v) is 3.02. The zero-order valence-electron chi connectivity index (χ0n) is 10.2. The largest absolute Gasteiger partial charge is 0.375 e. The average Bonchev–Trinajstić information content (AvgIpc) is 2.76. The zero-order valence-corrected chi connectivity index (χ0v) is 10.2. The number of carbonyl (C=O) groups excluding carboxylic acids is 1. The minimum Gasteiger partial charge on any atom is -0.375 e. The van der Waals surface area contributed by atoms with Gasteiger partial charge in [-0.3, -0.25) is 4.79 Å². The maximum absolute atomic E-state index is 11.6. The van der Waals surface area contributed by atoms with Crippen LogP contribution < -0.4 is 0 Å². The van der Waals surface area contributed by atoms with Crippen LogP contribution in [-0.4, -0.2) is 47.8 Å². The molecule has 6 heteroatoms. The van der Waals surface area contributed by atoms with E-state index in [9.17, 15) is 4.79 Å². The van der Waals surface area contributed by atoms with Crippen LogP contribution in [0.4, 0.5) is 0 Å². The van der Waals surface area contributed by atoms with Gasteiger partial charge in [0, 0.05) is 33.0 Å². The van der Waals surface area contributed by atoms with Crippen LogP contribution in [0.3, 0.4) is 0 Å². The molecule has 1 saturated heterocycles. The monoisotopic (exact) mass is 239 g/mol. The van der Waals surface area contributed by atoms with Gasteiger partial charge in [-0.15, -0.1) is 0 Å². The van der Waals surface area contributed by atoms with Gasteiger partial charge in [0.2, 0.25) is 11.8 Å². The number of amides is 1. The van der Waals surface area contributed by atoms with Gasteiger partial charge in [0.15, 0.2) is 5.82 Å². The molecule has 2 heterocycles. The van der Waals surface area contributed by atoms with Crippen LogP contribution in [-0.2, 0) is 9.53 Å². The van der Waals surface area contributed by atoms with Gasteiger partial charge in [0.05, 0.1) is 0 Å². The van der Waals surface area contributed by atoms with E-state index in [1.807, 2.05) is 4.90 Å². The lowest BCUT2D eigenvalue weighted by Gasteiger charge is -2.30. The van der Waals surface area contributed by atoms with Gasteiger partial charge >= 0.3 is 0 Å². The second-order valence-electron chi connectivity index (χ2n) is 4.26. The van der Waals surface area contributed by atoms with E-state index in [4.69, 9.17) is 9.26 Å². The van der Waals surface area contributed by atoms with Gasteiger partial charge in [0.25, 0.3) is 0 Å². The summed E-state index contributed by atoms with van der Waals surface area (Å²) in [5.41, 5.74) is 0. The van der Waals surface area contributed by atoms with Crippen LogP contribution in [0.2, 0.25) is 0 Å². The highest BCUT2D eigenvalue weighted by molar-refractivity contribution is 5.77. The number of piperidine rings is 1. The number of rotatable bonds is 3. The summed E-state index contributed by atoms with van der Waals surface area (Å²) >= 11 is 0. The van der Waals surface area contributed by atoms with Crippen molar-refractivity contribution in [3.8, 4) is 0 Å². The molecule has 0 atom stereocenters. The van der Waals surface area contributed by atoms with E-state index < -0.39 is 0 Å². The van der Waals surface area contributed by atoms with E-state index in [1.165, 1.54) is 7.11 Å². The Bertz CT molecular complexity index is 383. The van der Waals surface area contributed by atoms with Gasteiger partial charge < -0.3 is 14.2 Å². The Kier molecular flexibility index (Phi) is 3.73. The summed E-state index contributed by atoms with van der Waals surface area (Å²) in [5, 5.41) is 3.93. The van der Waals surface area contributed by atoms with E-state index in [0.29, 0.717) is 11.8 Å². The predicted molar refractivity (Wildman–Crippen MR) is 59.5 cm³/mol. The van der Waals surface area contributed by atoms with Crippen molar-refractivity contribution in [2.45, 2.75) is 25.7 Å². The molecule has 1 aromatic heterocycles. The van der Waals surface area contributed by atoms with Crippen LogP contribution in [0.5, 0.6) is 0 Å². The molecule has 6 nitrogen and oxygen atoms in total. The van der Waals surface area contributed by atoms with E-state index in [2.05, 4.69) is 10.1 Å². The Morgan fingerprint density at radius 2 is 2.24 bits per heavy atom. The summed E-state index contributed by atoms with van der Waals surface area (Å²) in [4.78, 5) is 17.7. The summed E-state index contributed by atoms with van der Waals surface area (Å²) in [6.45, 7) is 3.42. The summed E-state index contributed by atoms with van der Waals surface area (Å²) in [6.07, 6.45) is 1.77. The van der Waals surface area contributed by atoms with E-state index >= 15 is 0 Å². The van der Waals surface area contributed by atoms with Crippen molar-refractivity contribution in [3.63, 3.8) is 0 Å². The van der Waals surface area contributed by atoms with E-state index in [1.54, 1.807) is 6.92 Å². The first-order chi connectivity index (χ1) is 8.20. The molecule has 1 amide bonds. The SMILES string of the molecule is COCC(=O)N1CCC(c2noc(C)n2)CC1.